The lowest BCUT2D eigenvalue weighted by molar-refractivity contribution is -0.142. The van der Waals surface area contributed by atoms with E-state index in [9.17, 15) is 19.2 Å². The Morgan fingerprint density at radius 1 is 1.08 bits per heavy atom. The molecule has 1 spiro atoms. The molecule has 2 aromatic rings. The van der Waals surface area contributed by atoms with Crippen LogP contribution in [-0.4, -0.2) is 55.3 Å². The molecule has 4 amide bonds. The number of hydrogen-bond donors (Lipinski definition) is 3. The van der Waals surface area contributed by atoms with Crippen molar-refractivity contribution in [3.05, 3.63) is 53.1 Å². The molecular formula is C27H30N4O6. The number of rotatable bonds is 8. The number of para-hydroxylation sites is 1. The molecule has 194 valence electrons. The summed E-state index contributed by atoms with van der Waals surface area (Å²) in [5.74, 6) is -2.58. The first-order chi connectivity index (χ1) is 17.8. The van der Waals surface area contributed by atoms with E-state index in [1.54, 1.807) is 25.3 Å². The van der Waals surface area contributed by atoms with Crippen LogP contribution in [0.1, 0.15) is 30.0 Å². The van der Waals surface area contributed by atoms with E-state index in [0.29, 0.717) is 35.6 Å². The van der Waals surface area contributed by atoms with Gasteiger partial charge < -0.3 is 20.5 Å². The fraction of sp³-hybridized carbons (Fsp3) is 0.407. The highest BCUT2D eigenvalue weighted by Gasteiger charge is 2.70. The molecule has 10 heteroatoms. The first-order valence-electron chi connectivity index (χ1n) is 12.3. The van der Waals surface area contributed by atoms with Crippen molar-refractivity contribution in [2.45, 2.75) is 37.8 Å². The third-order valence-electron chi connectivity index (χ3n) is 7.80. The van der Waals surface area contributed by atoms with Crippen LogP contribution in [0.3, 0.4) is 0 Å². The van der Waals surface area contributed by atoms with E-state index >= 15 is 0 Å². The number of carbonyl (C=O) groups excluding carboxylic acids is 4. The minimum Gasteiger partial charge on any atom is -0.493 e. The topological polar surface area (TPSA) is 140 Å². The Bertz CT molecular complexity index is 1310. The Balaban J connectivity index is 1.50. The van der Waals surface area contributed by atoms with Crippen molar-refractivity contribution in [1.82, 2.24) is 10.2 Å². The number of amides is 4. The molecule has 0 radical (unpaired) electrons. The molecule has 5 rings (SSSR count). The van der Waals surface area contributed by atoms with Crippen LogP contribution < -0.4 is 25.8 Å². The van der Waals surface area contributed by atoms with Gasteiger partial charge in [0.15, 0.2) is 11.5 Å². The van der Waals surface area contributed by atoms with Gasteiger partial charge in [-0.1, -0.05) is 31.2 Å². The molecule has 37 heavy (non-hydrogen) atoms. The zero-order valence-corrected chi connectivity index (χ0v) is 21.0. The maximum atomic E-state index is 13.9. The summed E-state index contributed by atoms with van der Waals surface area (Å²) in [5.41, 5.74) is 7.13. The number of nitrogens with zero attached hydrogens (tertiary/aromatic N) is 1. The fourth-order valence-electron chi connectivity index (χ4n) is 6.13. The van der Waals surface area contributed by atoms with Gasteiger partial charge in [0.05, 0.1) is 26.1 Å². The first kappa shape index (κ1) is 24.8. The van der Waals surface area contributed by atoms with Gasteiger partial charge in [0.1, 0.15) is 5.54 Å². The summed E-state index contributed by atoms with van der Waals surface area (Å²) in [6.45, 7) is 2.11. The number of ether oxygens (including phenoxy) is 2. The molecule has 10 nitrogen and oxygen atoms in total. The van der Waals surface area contributed by atoms with E-state index in [4.69, 9.17) is 15.2 Å². The van der Waals surface area contributed by atoms with Crippen molar-refractivity contribution < 1.29 is 28.7 Å². The second-order valence-electron chi connectivity index (χ2n) is 9.65. The van der Waals surface area contributed by atoms with Crippen molar-refractivity contribution in [2.75, 3.05) is 26.1 Å². The highest BCUT2D eigenvalue weighted by molar-refractivity contribution is 6.15. The lowest BCUT2D eigenvalue weighted by atomic mass is 9.76. The Kier molecular flexibility index (Phi) is 6.15. The van der Waals surface area contributed by atoms with Crippen molar-refractivity contribution in [3.8, 4) is 11.5 Å². The standard InChI is InChI=1S/C27H30N4O6/c1-4-15-6-5-7-16-23(15)29-26(35)27(16)22-21(17(30-27)13-20(28)32)24(33)31(25(22)34)11-10-14-8-9-18(36-2)19(12-14)37-3/h5-9,12,17,21-22,30H,4,10-11,13H2,1-3H3,(H2,28,32)(H,29,35)/t17?,21-,22+,27?/m1/s1. The lowest BCUT2D eigenvalue weighted by Gasteiger charge is -2.29. The summed E-state index contributed by atoms with van der Waals surface area (Å²) < 4.78 is 10.6. The molecule has 3 heterocycles. The minimum absolute atomic E-state index is 0.128. The summed E-state index contributed by atoms with van der Waals surface area (Å²) >= 11 is 0. The van der Waals surface area contributed by atoms with Gasteiger partial charge in [-0.3, -0.25) is 29.4 Å². The molecule has 0 aromatic heterocycles. The smallest absolute Gasteiger partial charge is 0.250 e. The number of likely N-dealkylation sites (tertiary alicyclic amines) is 1. The number of imide groups is 1. The van der Waals surface area contributed by atoms with Gasteiger partial charge in [0, 0.05) is 30.3 Å². The molecule has 2 unspecified atom stereocenters. The van der Waals surface area contributed by atoms with Crippen LogP contribution in [0.15, 0.2) is 36.4 Å². The van der Waals surface area contributed by atoms with E-state index < -0.39 is 47.0 Å². The third kappa shape index (κ3) is 3.66. The predicted octanol–water partition coefficient (Wildman–Crippen LogP) is 1.10. The molecule has 3 aliphatic heterocycles. The van der Waals surface area contributed by atoms with Gasteiger partial charge in [0.2, 0.25) is 23.6 Å². The van der Waals surface area contributed by atoms with Crippen molar-refractivity contribution in [3.63, 3.8) is 0 Å². The number of nitrogens with one attached hydrogen (secondary N) is 2. The largest absolute Gasteiger partial charge is 0.493 e. The second kappa shape index (κ2) is 9.19. The molecule has 3 aliphatic rings. The van der Waals surface area contributed by atoms with E-state index in [1.807, 2.05) is 25.1 Å². The van der Waals surface area contributed by atoms with Crippen LogP contribution in [0.25, 0.3) is 0 Å². The van der Waals surface area contributed by atoms with Crippen LogP contribution in [-0.2, 0) is 37.6 Å². The second-order valence-corrected chi connectivity index (χ2v) is 9.65. The number of anilines is 1. The molecular weight excluding hydrogens is 476 g/mol. The highest BCUT2D eigenvalue weighted by atomic mass is 16.5. The third-order valence-corrected chi connectivity index (χ3v) is 7.80. The predicted molar refractivity (Wildman–Crippen MR) is 134 cm³/mol. The van der Waals surface area contributed by atoms with Crippen LogP contribution >= 0.6 is 0 Å². The summed E-state index contributed by atoms with van der Waals surface area (Å²) in [7, 11) is 3.08. The lowest BCUT2D eigenvalue weighted by Crippen LogP contribution is -2.53. The van der Waals surface area contributed by atoms with Crippen molar-refractivity contribution in [2.24, 2.45) is 17.6 Å². The van der Waals surface area contributed by atoms with Crippen LogP contribution in [0.2, 0.25) is 0 Å². The van der Waals surface area contributed by atoms with Gasteiger partial charge in [-0.2, -0.15) is 0 Å². The van der Waals surface area contributed by atoms with Crippen LogP contribution in [0.5, 0.6) is 11.5 Å². The summed E-state index contributed by atoms with van der Waals surface area (Å²) in [4.78, 5) is 54.2. The number of aryl methyl sites for hydroxylation is 1. The molecule has 4 N–H and O–H groups in total. The molecule has 0 saturated carbocycles. The monoisotopic (exact) mass is 506 g/mol. The maximum Gasteiger partial charge on any atom is 0.250 e. The number of methoxy groups -OCH3 is 2. The van der Waals surface area contributed by atoms with Gasteiger partial charge in [-0.15, -0.1) is 0 Å². The molecule has 2 fully saturated rings. The van der Waals surface area contributed by atoms with Gasteiger partial charge in [-0.05, 0) is 36.1 Å². The summed E-state index contributed by atoms with van der Waals surface area (Å²) in [6, 6.07) is 10.2. The fourth-order valence-corrected chi connectivity index (χ4v) is 6.13. The molecule has 2 saturated heterocycles. The Labute approximate surface area is 214 Å². The van der Waals surface area contributed by atoms with Crippen molar-refractivity contribution >= 4 is 29.3 Å². The van der Waals surface area contributed by atoms with Gasteiger partial charge >= 0.3 is 0 Å². The Hall–Kier alpha value is -3.92. The Morgan fingerprint density at radius 3 is 2.51 bits per heavy atom. The zero-order valence-electron chi connectivity index (χ0n) is 21.0. The van der Waals surface area contributed by atoms with Crippen LogP contribution in [0, 0.1) is 11.8 Å². The van der Waals surface area contributed by atoms with Crippen molar-refractivity contribution in [1.29, 1.82) is 0 Å². The van der Waals surface area contributed by atoms with E-state index in [-0.39, 0.29) is 13.0 Å². The maximum absolute atomic E-state index is 13.9. The quantitative estimate of drug-likeness (QED) is 0.456. The average molecular weight is 507 g/mol. The SMILES string of the molecule is CCc1cccc2c1NC(=O)C21NC(CC(N)=O)[C@H]2C(=O)N(CCc3ccc(OC)c(OC)c3)C(=O)[C@H]21. The van der Waals surface area contributed by atoms with Crippen LogP contribution in [0.4, 0.5) is 5.69 Å². The summed E-state index contributed by atoms with van der Waals surface area (Å²) in [6.07, 6.45) is 0.908. The number of primary amides is 1. The van der Waals surface area contributed by atoms with E-state index in [1.165, 1.54) is 12.0 Å². The minimum atomic E-state index is -1.45. The normalized spacial score (nSPS) is 25.9. The molecule has 4 atom stereocenters. The number of benzene rings is 2. The van der Waals surface area contributed by atoms with E-state index in [2.05, 4.69) is 10.6 Å². The number of hydrogen-bond acceptors (Lipinski definition) is 7. The highest BCUT2D eigenvalue weighted by Crippen LogP contribution is 2.54. The molecule has 0 aliphatic carbocycles. The average Bonchev–Trinajstić information content (AvgIpc) is 3.46. The molecule has 0 bridgehead atoms. The number of fused-ring (bicyclic) bond motifs is 4. The first-order valence-corrected chi connectivity index (χ1v) is 12.3. The van der Waals surface area contributed by atoms with E-state index in [0.717, 1.165) is 11.1 Å². The summed E-state index contributed by atoms with van der Waals surface area (Å²) in [5, 5.41) is 6.17. The number of carbonyl (C=O) groups is 4. The number of nitrogens with two attached hydrogens (primary N) is 1. The van der Waals surface area contributed by atoms with Gasteiger partial charge in [0.25, 0.3) is 0 Å². The Morgan fingerprint density at radius 2 is 1.84 bits per heavy atom. The molecule has 2 aromatic carbocycles. The van der Waals surface area contributed by atoms with Gasteiger partial charge in [-0.25, -0.2) is 0 Å². The zero-order chi connectivity index (χ0) is 26.5.